The number of anilines is 2. The van der Waals surface area contributed by atoms with E-state index in [9.17, 15) is 14.9 Å². The van der Waals surface area contributed by atoms with Crippen LogP contribution < -0.4 is 17.2 Å². The van der Waals surface area contributed by atoms with Gasteiger partial charge in [-0.25, -0.2) is 18.2 Å². The third-order valence-electron chi connectivity index (χ3n) is 7.48. The molecule has 0 aliphatic heterocycles. The second-order valence-corrected chi connectivity index (χ2v) is 10.0. The Bertz CT molecular complexity index is 2080. The summed E-state index contributed by atoms with van der Waals surface area (Å²) in [5, 5.41) is 28.6. The molecule has 208 valence electrons. The van der Waals surface area contributed by atoms with Gasteiger partial charge in [-0.3, -0.25) is 0 Å². The van der Waals surface area contributed by atoms with Crippen LogP contribution in [0.4, 0.5) is 24.5 Å². The van der Waals surface area contributed by atoms with Crippen molar-refractivity contribution in [2.45, 2.75) is 6.04 Å². The van der Waals surface area contributed by atoms with Crippen LogP contribution >= 0.6 is 0 Å². The summed E-state index contributed by atoms with van der Waals surface area (Å²) in [6, 6.07) is 21.4. The average Bonchev–Trinajstić information content (AvgIpc) is 3.03. The second-order valence-electron chi connectivity index (χ2n) is 10.0. The Balaban J connectivity index is 1.66. The van der Waals surface area contributed by atoms with Crippen LogP contribution in [0.5, 0.6) is 0 Å². The molecule has 0 bridgehead atoms. The van der Waals surface area contributed by atoms with E-state index in [0.29, 0.717) is 44.4 Å². The highest BCUT2D eigenvalue weighted by atomic mass is 19.1. The van der Waals surface area contributed by atoms with Crippen molar-refractivity contribution in [3.8, 4) is 34.5 Å². The molecule has 7 nitrogen and oxygen atoms in total. The van der Waals surface area contributed by atoms with Crippen LogP contribution in [0.2, 0.25) is 0 Å². The van der Waals surface area contributed by atoms with Crippen molar-refractivity contribution < 1.29 is 13.2 Å². The van der Waals surface area contributed by atoms with Gasteiger partial charge in [0.25, 0.3) is 0 Å². The van der Waals surface area contributed by atoms with Gasteiger partial charge in [-0.2, -0.15) is 10.5 Å². The molecular weight excluding hydrogens is 551 g/mol. The minimum absolute atomic E-state index is 0.0209. The van der Waals surface area contributed by atoms with E-state index in [2.05, 4.69) is 0 Å². The average molecular weight is 572 g/mol. The van der Waals surface area contributed by atoms with Gasteiger partial charge in [0.2, 0.25) is 0 Å². The summed E-state index contributed by atoms with van der Waals surface area (Å²) in [6.45, 7) is 0. The van der Waals surface area contributed by atoms with Crippen LogP contribution in [0.25, 0.3) is 44.9 Å². The molecule has 6 rings (SSSR count). The number of halogens is 3. The number of hydrogen-bond donors (Lipinski definition) is 4. The van der Waals surface area contributed by atoms with E-state index < -0.39 is 40.4 Å². The zero-order chi connectivity index (χ0) is 30.6. The van der Waals surface area contributed by atoms with E-state index >= 15 is 8.78 Å². The van der Waals surface area contributed by atoms with E-state index in [-0.39, 0.29) is 22.4 Å². The summed E-state index contributed by atoms with van der Waals surface area (Å²) in [5.74, 6) is -3.95. The lowest BCUT2D eigenvalue weighted by Crippen LogP contribution is -2.35. The number of nitrogens with one attached hydrogen (secondary N) is 1. The molecule has 1 aromatic heterocycles. The predicted octanol–water partition coefficient (Wildman–Crippen LogP) is 6.14. The molecule has 43 heavy (non-hydrogen) atoms. The molecule has 1 unspecified atom stereocenters. The number of rotatable bonds is 3. The number of benzene rings is 4. The summed E-state index contributed by atoms with van der Waals surface area (Å²) in [7, 11) is 0. The third-order valence-corrected chi connectivity index (χ3v) is 7.48. The molecule has 0 fully saturated rings. The lowest BCUT2D eigenvalue weighted by Gasteiger charge is -2.27. The molecule has 7 N–H and O–H groups in total. The Labute approximate surface area is 243 Å². The van der Waals surface area contributed by atoms with Gasteiger partial charge in [0.05, 0.1) is 51.8 Å². The minimum atomic E-state index is -1.37. The molecule has 1 aliphatic carbocycles. The summed E-state index contributed by atoms with van der Waals surface area (Å²) in [6.07, 6.45) is 1.79. The molecule has 4 aromatic carbocycles. The zero-order valence-corrected chi connectivity index (χ0v) is 22.2. The van der Waals surface area contributed by atoms with Gasteiger partial charge >= 0.3 is 0 Å². The van der Waals surface area contributed by atoms with Crippen molar-refractivity contribution in [2.75, 3.05) is 11.5 Å². The first-order valence-corrected chi connectivity index (χ1v) is 12.9. The number of nitriles is 2. The predicted molar refractivity (Wildman–Crippen MR) is 160 cm³/mol. The zero-order valence-electron chi connectivity index (χ0n) is 22.2. The molecule has 0 saturated heterocycles. The number of aromatic nitrogens is 1. The SMILES string of the molecule is N#Cc1cc(C#N)cc(C2=Cc3c(-c4ccccc4)nc4cc(-c5c(F)c(N)c(F)c(N)c5F)ccc4c3C(=N)C2N)c1. The molecule has 5 aromatic rings. The van der Waals surface area contributed by atoms with Crippen LogP contribution in [-0.2, 0) is 0 Å². The second kappa shape index (κ2) is 10.1. The maximum atomic E-state index is 15.1. The normalized spacial score (nSPS) is 14.1. The first-order valence-electron chi connectivity index (χ1n) is 12.9. The number of fused-ring (bicyclic) bond motifs is 3. The van der Waals surface area contributed by atoms with E-state index in [4.69, 9.17) is 27.6 Å². The maximum absolute atomic E-state index is 15.1. The highest BCUT2D eigenvalue weighted by Gasteiger charge is 2.30. The van der Waals surface area contributed by atoms with Crippen molar-refractivity contribution in [2.24, 2.45) is 5.73 Å². The van der Waals surface area contributed by atoms with Crippen LogP contribution in [-0.4, -0.2) is 16.7 Å². The van der Waals surface area contributed by atoms with Gasteiger partial charge in [0.1, 0.15) is 11.4 Å². The number of nitrogens with zero attached hydrogens (tertiary/aromatic N) is 3. The lowest BCUT2D eigenvalue weighted by molar-refractivity contribution is 0.560. The summed E-state index contributed by atoms with van der Waals surface area (Å²) in [4.78, 5) is 4.85. The third kappa shape index (κ3) is 4.25. The van der Waals surface area contributed by atoms with Gasteiger partial charge in [-0.15, -0.1) is 0 Å². The maximum Gasteiger partial charge on any atom is 0.174 e. The molecule has 0 saturated carbocycles. The van der Waals surface area contributed by atoms with Crippen molar-refractivity contribution in [1.29, 1.82) is 15.9 Å². The number of hydrogen-bond acceptors (Lipinski definition) is 7. The Hall–Kier alpha value is -5.97. The van der Waals surface area contributed by atoms with E-state index in [0.717, 1.165) is 0 Å². The molecule has 0 spiro atoms. The quantitative estimate of drug-likeness (QED) is 0.190. The smallest absolute Gasteiger partial charge is 0.174 e. The molecule has 0 radical (unpaired) electrons. The van der Waals surface area contributed by atoms with Gasteiger partial charge in [-0.1, -0.05) is 42.5 Å². The fourth-order valence-corrected chi connectivity index (χ4v) is 5.38. The molecule has 1 atom stereocenters. The van der Waals surface area contributed by atoms with E-state index in [1.165, 1.54) is 18.2 Å². The molecule has 0 amide bonds. The van der Waals surface area contributed by atoms with Gasteiger partial charge in [-0.05, 0) is 47.0 Å². The standard InChI is InChI=1S/C33H20F3N7/c34-26-24(27(35)32(42)28(36)31(26)41)18-6-7-20-23(11-18)43-33(17-4-2-1-3-5-17)22-12-21(29(39)30(40)25(20)22)19-9-15(13-37)8-16(10-19)14-38/h1-12,29,40H,39,41-42H2. The van der Waals surface area contributed by atoms with Crippen LogP contribution in [0.15, 0.2) is 66.7 Å². The highest BCUT2D eigenvalue weighted by Crippen LogP contribution is 2.41. The largest absolute Gasteiger partial charge is 0.394 e. The van der Waals surface area contributed by atoms with Gasteiger partial charge in [0.15, 0.2) is 17.5 Å². The van der Waals surface area contributed by atoms with Gasteiger partial charge in [0, 0.05) is 22.1 Å². The van der Waals surface area contributed by atoms with Crippen LogP contribution in [0.3, 0.4) is 0 Å². The Morgan fingerprint density at radius 1 is 0.744 bits per heavy atom. The topological polar surface area (TPSA) is 162 Å². The minimum Gasteiger partial charge on any atom is -0.394 e. The first kappa shape index (κ1) is 27.2. The fraction of sp³-hybridized carbons (Fsp3) is 0.0303. The van der Waals surface area contributed by atoms with Crippen molar-refractivity contribution in [1.82, 2.24) is 4.98 Å². The summed E-state index contributed by atoms with van der Waals surface area (Å²) < 4.78 is 44.2. The number of nitrogen functional groups attached to an aromatic ring is 2. The Morgan fingerprint density at radius 2 is 1.37 bits per heavy atom. The van der Waals surface area contributed by atoms with E-state index in [1.54, 1.807) is 24.3 Å². The van der Waals surface area contributed by atoms with Crippen LogP contribution in [0, 0.1) is 45.5 Å². The number of pyridine rings is 1. The molecule has 10 heteroatoms. The number of nitrogens with two attached hydrogens (primary N) is 3. The lowest BCUT2D eigenvalue weighted by atomic mass is 9.80. The monoisotopic (exact) mass is 571 g/mol. The van der Waals surface area contributed by atoms with E-state index in [1.807, 2.05) is 42.5 Å². The van der Waals surface area contributed by atoms with Crippen LogP contribution in [0.1, 0.15) is 27.8 Å². The van der Waals surface area contributed by atoms with Crippen molar-refractivity contribution in [3.63, 3.8) is 0 Å². The first-order chi connectivity index (χ1) is 20.6. The highest BCUT2D eigenvalue weighted by molar-refractivity contribution is 6.23. The molecule has 1 heterocycles. The van der Waals surface area contributed by atoms with Gasteiger partial charge < -0.3 is 22.6 Å². The molecule has 1 aliphatic rings. The Kier molecular flexibility index (Phi) is 6.42. The van der Waals surface area contributed by atoms with Crippen molar-refractivity contribution >= 4 is 39.6 Å². The Morgan fingerprint density at radius 3 is 1.98 bits per heavy atom. The summed E-state index contributed by atoms with van der Waals surface area (Å²) in [5.41, 5.74) is 19.4. The van der Waals surface area contributed by atoms with Crippen molar-refractivity contribution in [3.05, 3.63) is 112 Å². The summed E-state index contributed by atoms with van der Waals surface area (Å²) >= 11 is 0. The molecular formula is C33H20F3N7. The fourth-order valence-electron chi connectivity index (χ4n) is 5.38.